The Bertz CT molecular complexity index is 302. The minimum atomic E-state index is -0.510. The van der Waals surface area contributed by atoms with Crippen LogP contribution in [0.25, 0.3) is 0 Å². The van der Waals surface area contributed by atoms with Gasteiger partial charge in [-0.05, 0) is 31.5 Å². The highest BCUT2D eigenvalue weighted by molar-refractivity contribution is 5.45. The summed E-state index contributed by atoms with van der Waals surface area (Å²) >= 11 is 0. The zero-order valence-corrected chi connectivity index (χ0v) is 7.13. The summed E-state index contributed by atoms with van der Waals surface area (Å²) in [4.78, 5) is 0. The molecule has 3 nitrogen and oxygen atoms in total. The van der Waals surface area contributed by atoms with Crippen molar-refractivity contribution in [3.63, 3.8) is 0 Å². The second-order valence-corrected chi connectivity index (χ2v) is 2.79. The molecule has 0 aliphatic heterocycles. The summed E-state index contributed by atoms with van der Waals surface area (Å²) in [6.07, 6.45) is 0.913. The molecule has 1 rings (SSSR count). The van der Waals surface area contributed by atoms with Crippen LogP contribution in [-0.4, -0.2) is 16.8 Å². The molecular weight excluding hydrogens is 173 g/mol. The van der Waals surface area contributed by atoms with Crippen molar-refractivity contribution in [3.8, 4) is 11.5 Å². The molecule has 0 amide bonds. The highest BCUT2D eigenvalue weighted by Gasteiger charge is 2.10. The van der Waals surface area contributed by atoms with Crippen molar-refractivity contribution in [1.82, 2.24) is 0 Å². The fourth-order valence-electron chi connectivity index (χ4n) is 1.12. The minimum Gasteiger partial charge on any atom is -0.504 e. The van der Waals surface area contributed by atoms with Gasteiger partial charge in [-0.25, -0.2) is 4.39 Å². The second kappa shape index (κ2) is 4.09. The van der Waals surface area contributed by atoms with Gasteiger partial charge in [-0.15, -0.1) is 0 Å². The van der Waals surface area contributed by atoms with Crippen LogP contribution in [-0.2, 0) is 6.42 Å². The fraction of sp³-hybridized carbons (Fsp3) is 0.333. The molecule has 4 heteroatoms. The van der Waals surface area contributed by atoms with Gasteiger partial charge in [-0.3, -0.25) is 0 Å². The van der Waals surface area contributed by atoms with Gasteiger partial charge in [0.15, 0.2) is 11.5 Å². The number of nitrogens with two attached hydrogens (primary N) is 1. The maximum absolute atomic E-state index is 13.0. The summed E-state index contributed by atoms with van der Waals surface area (Å²) in [6, 6.07) is 2.25. The number of benzene rings is 1. The summed E-state index contributed by atoms with van der Waals surface area (Å²) in [6.45, 7) is 0.425. The Morgan fingerprint density at radius 3 is 2.62 bits per heavy atom. The monoisotopic (exact) mass is 185 g/mol. The first-order chi connectivity index (χ1) is 6.16. The minimum absolute atomic E-state index is 0.130. The van der Waals surface area contributed by atoms with Crippen molar-refractivity contribution in [3.05, 3.63) is 23.5 Å². The average molecular weight is 185 g/mol. The van der Waals surface area contributed by atoms with Gasteiger partial charge >= 0.3 is 0 Å². The van der Waals surface area contributed by atoms with E-state index in [1.54, 1.807) is 0 Å². The van der Waals surface area contributed by atoms with Crippen LogP contribution in [0.2, 0.25) is 0 Å². The molecule has 72 valence electrons. The molecule has 0 aliphatic rings. The maximum Gasteiger partial charge on any atom is 0.163 e. The van der Waals surface area contributed by atoms with E-state index in [1.807, 2.05) is 0 Å². The first-order valence-corrected chi connectivity index (χ1v) is 4.06. The van der Waals surface area contributed by atoms with Gasteiger partial charge in [-0.2, -0.15) is 0 Å². The molecule has 0 bridgehead atoms. The van der Waals surface area contributed by atoms with Crippen molar-refractivity contribution < 1.29 is 14.6 Å². The molecule has 1 aromatic carbocycles. The molecule has 0 aliphatic carbocycles. The number of hydrogen-bond acceptors (Lipinski definition) is 3. The Balaban J connectivity index is 2.96. The Morgan fingerprint density at radius 2 is 2.00 bits per heavy atom. The van der Waals surface area contributed by atoms with Crippen molar-refractivity contribution in [2.45, 2.75) is 12.8 Å². The molecular formula is C9H12FNO2. The normalized spacial score (nSPS) is 10.3. The number of aromatic hydroxyl groups is 2. The largest absolute Gasteiger partial charge is 0.504 e. The van der Waals surface area contributed by atoms with E-state index in [0.29, 0.717) is 19.4 Å². The summed E-state index contributed by atoms with van der Waals surface area (Å²) in [7, 11) is 0. The topological polar surface area (TPSA) is 66.5 Å². The lowest BCUT2D eigenvalue weighted by Gasteiger charge is -2.06. The van der Waals surface area contributed by atoms with Crippen LogP contribution in [0.1, 0.15) is 12.0 Å². The van der Waals surface area contributed by atoms with E-state index in [4.69, 9.17) is 10.8 Å². The van der Waals surface area contributed by atoms with Crippen LogP contribution in [0.5, 0.6) is 11.5 Å². The third-order valence-corrected chi connectivity index (χ3v) is 1.84. The number of hydrogen-bond donors (Lipinski definition) is 3. The lowest BCUT2D eigenvalue weighted by molar-refractivity contribution is 0.393. The molecule has 13 heavy (non-hydrogen) atoms. The van der Waals surface area contributed by atoms with Gasteiger partial charge in [0.1, 0.15) is 5.82 Å². The van der Waals surface area contributed by atoms with E-state index in [2.05, 4.69) is 0 Å². The lowest BCUT2D eigenvalue weighted by atomic mass is 10.1. The van der Waals surface area contributed by atoms with Gasteiger partial charge < -0.3 is 15.9 Å². The molecule has 0 unspecified atom stereocenters. The summed E-state index contributed by atoms with van der Waals surface area (Å²) in [5, 5.41) is 18.4. The molecule has 0 saturated carbocycles. The van der Waals surface area contributed by atoms with Crippen molar-refractivity contribution in [2.75, 3.05) is 6.54 Å². The molecule has 0 saturated heterocycles. The van der Waals surface area contributed by atoms with Crippen molar-refractivity contribution in [2.24, 2.45) is 5.73 Å². The Kier molecular flexibility index (Phi) is 3.08. The molecule has 1 aromatic rings. The first-order valence-electron chi connectivity index (χ1n) is 4.06. The van der Waals surface area contributed by atoms with Gasteiger partial charge in [-0.1, -0.05) is 0 Å². The van der Waals surface area contributed by atoms with Gasteiger partial charge in [0.25, 0.3) is 0 Å². The van der Waals surface area contributed by atoms with Crippen LogP contribution in [0.15, 0.2) is 12.1 Å². The predicted molar refractivity (Wildman–Crippen MR) is 47.1 cm³/mol. The third kappa shape index (κ3) is 2.09. The summed E-state index contributed by atoms with van der Waals surface area (Å²) in [5.41, 5.74) is 5.38. The molecule has 0 radical (unpaired) electrons. The number of phenolic OH excluding ortho intramolecular Hbond substituents is 2. The maximum atomic E-state index is 13.0. The predicted octanol–water partition coefficient (Wildman–Crippen LogP) is 1.13. The molecule has 0 aromatic heterocycles. The zero-order valence-electron chi connectivity index (χ0n) is 7.13. The summed E-state index contributed by atoms with van der Waals surface area (Å²) < 4.78 is 13.0. The Hall–Kier alpha value is -1.29. The average Bonchev–Trinajstić information content (AvgIpc) is 2.12. The van der Waals surface area contributed by atoms with E-state index in [0.717, 1.165) is 12.1 Å². The molecule has 0 atom stereocenters. The van der Waals surface area contributed by atoms with Crippen LogP contribution < -0.4 is 5.73 Å². The van der Waals surface area contributed by atoms with Crippen LogP contribution >= 0.6 is 0 Å². The molecule has 4 N–H and O–H groups in total. The molecule has 0 spiro atoms. The highest BCUT2D eigenvalue weighted by Crippen LogP contribution is 2.31. The van der Waals surface area contributed by atoms with E-state index < -0.39 is 5.82 Å². The number of halogens is 1. The first kappa shape index (κ1) is 9.80. The number of phenols is 2. The summed E-state index contributed by atoms with van der Waals surface area (Å²) in [5.74, 6) is -1.19. The van der Waals surface area contributed by atoms with Gasteiger partial charge in [0, 0.05) is 5.56 Å². The van der Waals surface area contributed by atoms with Gasteiger partial charge in [0.05, 0.1) is 0 Å². The van der Waals surface area contributed by atoms with E-state index in [1.165, 1.54) is 0 Å². The van der Waals surface area contributed by atoms with Crippen LogP contribution in [0, 0.1) is 5.82 Å². The van der Waals surface area contributed by atoms with Crippen molar-refractivity contribution in [1.29, 1.82) is 0 Å². The van der Waals surface area contributed by atoms with Crippen LogP contribution in [0.4, 0.5) is 4.39 Å². The van der Waals surface area contributed by atoms with E-state index >= 15 is 0 Å². The third-order valence-electron chi connectivity index (χ3n) is 1.84. The smallest absolute Gasteiger partial charge is 0.163 e. The molecule has 0 heterocycles. The quantitative estimate of drug-likeness (QED) is 0.618. The Morgan fingerprint density at radius 1 is 1.31 bits per heavy atom. The standard InChI is InChI=1S/C9H12FNO2/c10-7-3-4-8(12)9(13)6(7)2-1-5-11/h3-4,12-13H,1-2,5,11H2. The van der Waals surface area contributed by atoms with E-state index in [-0.39, 0.29) is 17.1 Å². The second-order valence-electron chi connectivity index (χ2n) is 2.79. The van der Waals surface area contributed by atoms with E-state index in [9.17, 15) is 9.50 Å². The number of rotatable bonds is 3. The van der Waals surface area contributed by atoms with Crippen molar-refractivity contribution >= 4 is 0 Å². The Labute approximate surface area is 75.6 Å². The molecule has 0 fully saturated rings. The fourth-order valence-corrected chi connectivity index (χ4v) is 1.12. The van der Waals surface area contributed by atoms with Crippen LogP contribution in [0.3, 0.4) is 0 Å². The van der Waals surface area contributed by atoms with Gasteiger partial charge in [0.2, 0.25) is 0 Å². The highest BCUT2D eigenvalue weighted by atomic mass is 19.1. The lowest BCUT2D eigenvalue weighted by Crippen LogP contribution is -2.01. The SMILES string of the molecule is NCCCc1c(F)ccc(O)c1O. The zero-order chi connectivity index (χ0) is 9.84.